The van der Waals surface area contributed by atoms with E-state index in [-0.39, 0.29) is 11.6 Å². The van der Waals surface area contributed by atoms with Gasteiger partial charge < -0.3 is 13.9 Å². The molecule has 0 aliphatic heterocycles. The highest BCUT2D eigenvalue weighted by molar-refractivity contribution is 6.31. The van der Waals surface area contributed by atoms with Crippen LogP contribution in [0.3, 0.4) is 0 Å². The van der Waals surface area contributed by atoms with E-state index < -0.39 is 23.4 Å². The van der Waals surface area contributed by atoms with Crippen molar-refractivity contribution >= 4 is 40.3 Å². The molecule has 0 bridgehead atoms. The van der Waals surface area contributed by atoms with Crippen molar-refractivity contribution in [1.29, 1.82) is 0 Å². The maximum Gasteiger partial charge on any atom is 0.412 e. The summed E-state index contributed by atoms with van der Waals surface area (Å²) in [6.07, 6.45) is 0.223. The molecule has 212 valence electrons. The summed E-state index contributed by atoms with van der Waals surface area (Å²) in [7, 11) is 1.42. The molecule has 1 aromatic heterocycles. The van der Waals surface area contributed by atoms with Gasteiger partial charge in [-0.15, -0.1) is 0 Å². The van der Waals surface area contributed by atoms with E-state index in [1.165, 1.54) is 13.2 Å². The molecular weight excluding hydrogens is 557 g/mol. The zero-order valence-corrected chi connectivity index (χ0v) is 23.7. The van der Waals surface area contributed by atoms with Gasteiger partial charge in [-0.05, 0) is 54.7 Å². The minimum atomic E-state index is -0.729. The van der Waals surface area contributed by atoms with Crippen molar-refractivity contribution in [2.45, 2.75) is 31.3 Å². The molecule has 0 saturated heterocycles. The van der Waals surface area contributed by atoms with E-state index >= 15 is 0 Å². The first-order valence-corrected chi connectivity index (χ1v) is 13.9. The third kappa shape index (κ3) is 5.01. The standard InChI is InChI=1S/C34H27ClFNO5/c1-20(25-6-3-4-8-27(25)35)41-33(39)37-29-26-7-5-9-28(36)31(26)42-30(29)23-12-10-21(11-13-23)22-14-16-24(17-15-22)34(18-19-34)32(38)40-2/h3-17,20H,18-19H2,1-2H3,(H,37,39)/t20-/m1/s1. The molecule has 1 atom stereocenters. The molecule has 0 radical (unpaired) electrons. The Labute approximate surface area is 247 Å². The molecule has 1 aliphatic carbocycles. The molecule has 0 unspecified atom stereocenters. The van der Waals surface area contributed by atoms with Gasteiger partial charge in [-0.2, -0.15) is 0 Å². The number of furan rings is 1. The smallest absolute Gasteiger partial charge is 0.412 e. The summed E-state index contributed by atoms with van der Waals surface area (Å²) < 4.78 is 31.3. The highest BCUT2D eigenvalue weighted by Gasteiger charge is 2.52. The van der Waals surface area contributed by atoms with E-state index in [2.05, 4.69) is 5.32 Å². The van der Waals surface area contributed by atoms with Crippen LogP contribution in [0.1, 0.15) is 37.0 Å². The molecule has 1 fully saturated rings. The predicted octanol–water partition coefficient (Wildman–Crippen LogP) is 9.07. The van der Waals surface area contributed by atoms with E-state index in [0.29, 0.717) is 33.0 Å². The third-order valence-corrected chi connectivity index (χ3v) is 8.11. The summed E-state index contributed by atoms with van der Waals surface area (Å²) >= 11 is 6.27. The van der Waals surface area contributed by atoms with Crippen molar-refractivity contribution in [2.75, 3.05) is 12.4 Å². The topological polar surface area (TPSA) is 77.8 Å². The number of benzene rings is 4. The summed E-state index contributed by atoms with van der Waals surface area (Å²) in [6.45, 7) is 1.72. The number of esters is 1. The Morgan fingerprint density at radius 3 is 2.19 bits per heavy atom. The van der Waals surface area contributed by atoms with Crippen molar-refractivity contribution in [3.63, 3.8) is 0 Å². The number of ether oxygens (including phenoxy) is 2. The SMILES string of the molecule is COC(=O)C1(c2ccc(-c3ccc(-c4oc5c(F)cccc5c4NC(=O)O[C@H](C)c4ccccc4Cl)cc3)cc2)CC1. The first-order valence-electron chi connectivity index (χ1n) is 13.5. The van der Waals surface area contributed by atoms with E-state index in [1.807, 2.05) is 54.6 Å². The molecule has 5 aromatic rings. The van der Waals surface area contributed by atoms with Crippen LogP contribution < -0.4 is 5.32 Å². The summed E-state index contributed by atoms with van der Waals surface area (Å²) in [5, 5.41) is 3.66. The molecule has 42 heavy (non-hydrogen) atoms. The number of para-hydroxylation sites is 1. The maximum absolute atomic E-state index is 14.7. The number of hydrogen-bond donors (Lipinski definition) is 1. The van der Waals surface area contributed by atoms with Crippen molar-refractivity contribution in [3.05, 3.63) is 113 Å². The molecule has 1 amide bonds. The number of hydrogen-bond acceptors (Lipinski definition) is 5. The van der Waals surface area contributed by atoms with Crippen LogP contribution in [0.25, 0.3) is 33.4 Å². The summed E-state index contributed by atoms with van der Waals surface area (Å²) in [5.74, 6) is -0.446. The molecule has 8 heteroatoms. The molecule has 4 aromatic carbocycles. The zero-order valence-electron chi connectivity index (χ0n) is 22.9. The zero-order chi connectivity index (χ0) is 29.4. The van der Waals surface area contributed by atoms with Crippen LogP contribution in [0.2, 0.25) is 5.02 Å². The number of rotatable bonds is 7. The normalized spacial score (nSPS) is 14.3. The minimum Gasteiger partial charge on any atom is -0.468 e. The largest absolute Gasteiger partial charge is 0.468 e. The lowest BCUT2D eigenvalue weighted by Crippen LogP contribution is -2.21. The van der Waals surface area contributed by atoms with Crippen LogP contribution in [0.4, 0.5) is 14.9 Å². The van der Waals surface area contributed by atoms with Crippen LogP contribution in [-0.2, 0) is 19.7 Å². The van der Waals surface area contributed by atoms with Crippen LogP contribution in [-0.4, -0.2) is 19.2 Å². The third-order valence-electron chi connectivity index (χ3n) is 7.77. The Hall–Kier alpha value is -4.62. The summed E-state index contributed by atoms with van der Waals surface area (Å²) in [5.41, 5.74) is 3.97. The predicted molar refractivity (Wildman–Crippen MR) is 160 cm³/mol. The maximum atomic E-state index is 14.7. The fourth-order valence-corrected chi connectivity index (χ4v) is 5.59. The molecule has 6 nitrogen and oxygen atoms in total. The van der Waals surface area contributed by atoms with Crippen molar-refractivity contribution in [1.82, 2.24) is 0 Å². The van der Waals surface area contributed by atoms with Crippen molar-refractivity contribution in [2.24, 2.45) is 0 Å². The van der Waals surface area contributed by atoms with Crippen LogP contribution in [0.15, 0.2) is 95.4 Å². The lowest BCUT2D eigenvalue weighted by Gasteiger charge is -2.15. The first kappa shape index (κ1) is 27.5. The summed E-state index contributed by atoms with van der Waals surface area (Å²) in [4.78, 5) is 25.2. The van der Waals surface area contributed by atoms with Gasteiger partial charge in [0.15, 0.2) is 17.2 Å². The number of amides is 1. The van der Waals surface area contributed by atoms with E-state index in [1.54, 1.807) is 37.3 Å². The number of anilines is 1. The molecule has 6 rings (SSSR count). The van der Waals surface area contributed by atoms with Gasteiger partial charge in [-0.3, -0.25) is 10.1 Å². The Kier molecular flexibility index (Phi) is 7.21. The van der Waals surface area contributed by atoms with Crippen LogP contribution >= 0.6 is 11.6 Å². The molecule has 1 saturated carbocycles. The first-order chi connectivity index (χ1) is 20.3. The monoisotopic (exact) mass is 583 g/mol. The van der Waals surface area contributed by atoms with E-state index in [0.717, 1.165) is 29.5 Å². The molecule has 0 spiro atoms. The van der Waals surface area contributed by atoms with Gasteiger partial charge in [-0.25, -0.2) is 9.18 Å². The van der Waals surface area contributed by atoms with Crippen LogP contribution in [0, 0.1) is 5.82 Å². The number of fused-ring (bicyclic) bond motifs is 1. The fourth-order valence-electron chi connectivity index (χ4n) is 5.30. The second-order valence-electron chi connectivity index (χ2n) is 10.3. The number of nitrogens with one attached hydrogen (secondary N) is 1. The van der Waals surface area contributed by atoms with Gasteiger partial charge >= 0.3 is 12.1 Å². The van der Waals surface area contributed by atoms with Gasteiger partial charge in [0.1, 0.15) is 6.10 Å². The highest BCUT2D eigenvalue weighted by atomic mass is 35.5. The number of carbonyl (C=O) groups excluding carboxylic acids is 2. The summed E-state index contributed by atoms with van der Waals surface area (Å²) in [6, 6.07) is 27.1. The Morgan fingerprint density at radius 2 is 1.55 bits per heavy atom. The van der Waals surface area contributed by atoms with E-state index in [9.17, 15) is 14.0 Å². The Bertz CT molecular complexity index is 1790. The lowest BCUT2D eigenvalue weighted by atomic mass is 9.93. The fraction of sp³-hybridized carbons (Fsp3) is 0.176. The van der Waals surface area contributed by atoms with Crippen molar-refractivity contribution < 1.29 is 27.9 Å². The van der Waals surface area contributed by atoms with Crippen LogP contribution in [0.5, 0.6) is 0 Å². The number of methoxy groups -OCH3 is 1. The van der Waals surface area contributed by atoms with Crippen molar-refractivity contribution in [3.8, 4) is 22.5 Å². The Balaban J connectivity index is 1.27. The molecule has 1 N–H and O–H groups in total. The molecular formula is C34H27ClFNO5. The Morgan fingerprint density at radius 1 is 0.905 bits per heavy atom. The quantitative estimate of drug-likeness (QED) is 0.193. The number of halogens is 2. The number of carbonyl (C=O) groups is 2. The minimum absolute atomic E-state index is 0.0289. The average Bonchev–Trinajstić information content (AvgIpc) is 3.74. The van der Waals surface area contributed by atoms with Gasteiger partial charge in [0.2, 0.25) is 0 Å². The molecule has 1 aliphatic rings. The van der Waals surface area contributed by atoms with Gasteiger partial charge in [0.25, 0.3) is 0 Å². The highest BCUT2D eigenvalue weighted by Crippen LogP contribution is 2.49. The molecule has 1 heterocycles. The van der Waals surface area contributed by atoms with Gasteiger partial charge in [0, 0.05) is 21.5 Å². The van der Waals surface area contributed by atoms with E-state index in [4.69, 9.17) is 25.5 Å². The second-order valence-corrected chi connectivity index (χ2v) is 10.8. The van der Waals surface area contributed by atoms with Gasteiger partial charge in [-0.1, -0.05) is 84.4 Å². The second kappa shape index (κ2) is 11.0. The average molecular weight is 584 g/mol. The van der Waals surface area contributed by atoms with Gasteiger partial charge in [0.05, 0.1) is 18.2 Å². The lowest BCUT2D eigenvalue weighted by molar-refractivity contribution is -0.143.